The quantitative estimate of drug-likeness (QED) is 0.392. The summed E-state index contributed by atoms with van der Waals surface area (Å²) in [5, 5.41) is 5.99. The van der Waals surface area contributed by atoms with Crippen molar-refractivity contribution in [1.29, 1.82) is 0 Å². The van der Waals surface area contributed by atoms with E-state index in [4.69, 9.17) is 16.3 Å². The second-order valence-corrected chi connectivity index (χ2v) is 11.7. The summed E-state index contributed by atoms with van der Waals surface area (Å²) < 4.78 is 73.5. The van der Waals surface area contributed by atoms with Crippen molar-refractivity contribution in [1.82, 2.24) is 4.90 Å². The number of carbonyl (C=O) groups is 1. The van der Waals surface area contributed by atoms with Crippen LogP contribution in [0.1, 0.15) is 6.42 Å². The van der Waals surface area contributed by atoms with E-state index in [1.54, 1.807) is 42.5 Å². The van der Waals surface area contributed by atoms with Crippen molar-refractivity contribution in [2.24, 2.45) is 0 Å². The van der Waals surface area contributed by atoms with Crippen LogP contribution in [0, 0.1) is 5.82 Å². The van der Waals surface area contributed by atoms with Gasteiger partial charge in [0.05, 0.1) is 23.2 Å². The van der Waals surface area contributed by atoms with E-state index in [-0.39, 0.29) is 16.1 Å². The molecule has 0 spiro atoms. The number of anilines is 2. The van der Waals surface area contributed by atoms with Crippen LogP contribution in [0.4, 0.5) is 24.5 Å². The zero-order valence-corrected chi connectivity index (χ0v) is 21.6. The number of carbonyl (C=O) groups excluding carboxylic acids is 1. The third kappa shape index (κ3) is 5.65. The Hall–Kier alpha value is -3.12. The van der Waals surface area contributed by atoms with Gasteiger partial charge < -0.3 is 15.4 Å². The molecule has 5 rings (SSSR count). The minimum absolute atomic E-state index is 0.0335. The molecule has 7 nitrogen and oxygen atoms in total. The maximum absolute atomic E-state index is 15.0. The molecule has 0 aromatic heterocycles. The number of amides is 1. The first kappa shape index (κ1) is 26.5. The molecule has 2 fully saturated rings. The smallest absolute Gasteiger partial charge is 0.262 e. The van der Waals surface area contributed by atoms with Crippen molar-refractivity contribution in [3.63, 3.8) is 0 Å². The molecule has 200 valence electrons. The maximum atomic E-state index is 15.0. The maximum Gasteiger partial charge on any atom is 0.262 e. The van der Waals surface area contributed by atoms with Crippen LogP contribution in [0.15, 0.2) is 71.6 Å². The Labute approximate surface area is 222 Å². The van der Waals surface area contributed by atoms with Crippen molar-refractivity contribution in [2.75, 3.05) is 23.4 Å². The summed E-state index contributed by atoms with van der Waals surface area (Å²) in [6.45, 7) is -0.682. The monoisotopic (exact) mass is 565 g/mol. The van der Waals surface area contributed by atoms with Crippen LogP contribution in [0.25, 0.3) is 11.1 Å². The van der Waals surface area contributed by atoms with Crippen LogP contribution in [-0.2, 0) is 19.4 Å². The first-order chi connectivity index (χ1) is 17.9. The summed E-state index contributed by atoms with van der Waals surface area (Å²) >= 11 is 5.88. The molecule has 2 unspecified atom stereocenters. The Morgan fingerprint density at radius 3 is 2.50 bits per heavy atom. The van der Waals surface area contributed by atoms with Gasteiger partial charge in [-0.1, -0.05) is 35.9 Å². The molecule has 1 amide bonds. The number of likely N-dealkylation sites (tertiary alicyclic amines) is 1. The van der Waals surface area contributed by atoms with Gasteiger partial charge in [0.25, 0.3) is 5.92 Å². The first-order valence-corrected chi connectivity index (χ1v) is 13.9. The molecular formula is C26H23ClF3N3O4S. The van der Waals surface area contributed by atoms with Gasteiger partial charge in [-0.3, -0.25) is 9.69 Å². The number of epoxide rings is 1. The van der Waals surface area contributed by atoms with E-state index in [1.807, 2.05) is 0 Å². The Morgan fingerprint density at radius 2 is 1.82 bits per heavy atom. The molecule has 2 heterocycles. The number of hydrogen-bond donors (Lipinski definition) is 2. The number of halogens is 4. The van der Waals surface area contributed by atoms with Crippen molar-refractivity contribution >= 4 is 38.7 Å². The molecular weight excluding hydrogens is 543 g/mol. The minimum atomic E-state index is -3.57. The average molecular weight is 566 g/mol. The lowest BCUT2D eigenvalue weighted by molar-refractivity contribution is -0.121. The summed E-state index contributed by atoms with van der Waals surface area (Å²) in [7, 11) is -3.57. The molecule has 38 heavy (non-hydrogen) atoms. The molecule has 2 aliphatic heterocycles. The number of sulfone groups is 1. The largest absolute Gasteiger partial charge is 0.357 e. The minimum Gasteiger partial charge on any atom is -0.357 e. The lowest BCUT2D eigenvalue weighted by atomic mass is 10.0. The Bertz CT molecular complexity index is 1490. The van der Waals surface area contributed by atoms with Crippen LogP contribution >= 0.6 is 11.6 Å². The van der Waals surface area contributed by atoms with E-state index in [0.717, 1.165) is 12.3 Å². The molecule has 3 aromatic rings. The van der Waals surface area contributed by atoms with E-state index in [0.29, 0.717) is 16.3 Å². The van der Waals surface area contributed by atoms with Gasteiger partial charge in [0.15, 0.2) is 22.3 Å². The molecule has 2 N–H and O–H groups in total. The lowest BCUT2D eigenvalue weighted by Crippen LogP contribution is -2.42. The fourth-order valence-electron chi connectivity index (χ4n) is 4.55. The number of hydrogen-bond acceptors (Lipinski definition) is 6. The van der Waals surface area contributed by atoms with Crippen LogP contribution in [0.2, 0.25) is 5.02 Å². The van der Waals surface area contributed by atoms with E-state index in [2.05, 4.69) is 10.6 Å². The van der Waals surface area contributed by atoms with Gasteiger partial charge in [0.1, 0.15) is 5.82 Å². The first-order valence-electron chi connectivity index (χ1n) is 11.6. The lowest BCUT2D eigenvalue weighted by Gasteiger charge is -2.21. The van der Waals surface area contributed by atoms with Gasteiger partial charge in [-0.25, -0.2) is 21.6 Å². The summed E-state index contributed by atoms with van der Waals surface area (Å²) in [5.74, 6) is -4.76. The molecule has 12 heteroatoms. The van der Waals surface area contributed by atoms with Crippen molar-refractivity contribution in [3.05, 3.63) is 77.6 Å². The summed E-state index contributed by atoms with van der Waals surface area (Å²) in [5.41, 5.74) is 1.06. The Balaban J connectivity index is 1.31. The third-order valence-corrected chi connectivity index (χ3v) is 7.79. The molecule has 0 saturated carbocycles. The number of nitrogens with zero attached hydrogens (tertiary/aromatic N) is 1. The van der Waals surface area contributed by atoms with E-state index < -0.39 is 58.9 Å². The second kappa shape index (κ2) is 9.88. The van der Waals surface area contributed by atoms with E-state index in [9.17, 15) is 26.4 Å². The number of benzene rings is 3. The third-order valence-electron chi connectivity index (χ3n) is 6.38. The second-order valence-electron chi connectivity index (χ2n) is 9.30. The molecule has 2 aliphatic rings. The molecule has 3 atom stereocenters. The SMILES string of the molecule is CS(=O)(=O)c1ccccc1-c1ccc(NC(=O)[C@H]2CC(F)(F)CN2C2OC2Nc2ccc(Cl)cc2)c(F)c1. The van der Waals surface area contributed by atoms with Crippen LogP contribution in [0.3, 0.4) is 0 Å². The summed E-state index contributed by atoms with van der Waals surface area (Å²) in [6, 6.07) is 15.5. The zero-order chi connectivity index (χ0) is 27.2. The highest BCUT2D eigenvalue weighted by atomic mass is 35.5. The van der Waals surface area contributed by atoms with Gasteiger partial charge in [-0.15, -0.1) is 0 Å². The van der Waals surface area contributed by atoms with Crippen molar-refractivity contribution in [3.8, 4) is 11.1 Å². The van der Waals surface area contributed by atoms with Crippen LogP contribution in [0.5, 0.6) is 0 Å². The highest BCUT2D eigenvalue weighted by molar-refractivity contribution is 7.90. The van der Waals surface area contributed by atoms with Gasteiger partial charge >= 0.3 is 0 Å². The van der Waals surface area contributed by atoms with Gasteiger partial charge in [0, 0.05) is 29.0 Å². The van der Waals surface area contributed by atoms with Gasteiger partial charge in [0.2, 0.25) is 5.91 Å². The molecule has 0 aliphatic carbocycles. The predicted octanol–water partition coefficient (Wildman–Crippen LogP) is 4.99. The molecule has 3 aromatic carbocycles. The number of ether oxygens (including phenoxy) is 1. The van der Waals surface area contributed by atoms with Crippen LogP contribution in [-0.4, -0.2) is 56.4 Å². The normalized spacial score (nSPS) is 22.7. The summed E-state index contributed by atoms with van der Waals surface area (Å²) in [6.07, 6.45) is -1.06. The van der Waals surface area contributed by atoms with E-state index >= 15 is 0 Å². The van der Waals surface area contributed by atoms with Crippen molar-refractivity contribution < 1.29 is 31.1 Å². The number of nitrogens with one attached hydrogen (secondary N) is 2. The molecule has 0 bridgehead atoms. The topological polar surface area (TPSA) is 91.0 Å². The fraction of sp³-hybridized carbons (Fsp3) is 0.269. The number of alkyl halides is 2. The average Bonchev–Trinajstić information content (AvgIpc) is 3.54. The van der Waals surface area contributed by atoms with Gasteiger partial charge in [-0.2, -0.15) is 0 Å². The number of rotatable bonds is 7. The Kier molecular flexibility index (Phi) is 6.89. The Morgan fingerprint density at radius 1 is 1.11 bits per heavy atom. The molecule has 0 radical (unpaired) electrons. The fourth-order valence-corrected chi connectivity index (χ4v) is 5.59. The standard InChI is InChI=1S/C26H23ClF3N3O4S/c1-38(35,36)22-5-3-2-4-18(22)15-6-11-20(19(28)12-15)32-23(34)21-13-26(29,30)14-33(21)25-24(37-25)31-17-9-7-16(27)8-10-17/h2-12,21,24-25,31H,13-14H2,1H3,(H,32,34)/t21-,24?,25?/m1/s1. The highest BCUT2D eigenvalue weighted by Crippen LogP contribution is 2.40. The summed E-state index contributed by atoms with van der Waals surface area (Å²) in [4.78, 5) is 14.3. The zero-order valence-electron chi connectivity index (χ0n) is 20.0. The van der Waals surface area contributed by atoms with Crippen molar-refractivity contribution in [2.45, 2.75) is 35.7 Å². The molecule has 2 saturated heterocycles. The van der Waals surface area contributed by atoms with Crippen LogP contribution < -0.4 is 10.6 Å². The highest BCUT2D eigenvalue weighted by Gasteiger charge is 2.57. The van der Waals surface area contributed by atoms with Gasteiger partial charge in [-0.05, 0) is 48.0 Å². The van der Waals surface area contributed by atoms with E-state index in [1.165, 1.54) is 23.1 Å². The predicted molar refractivity (Wildman–Crippen MR) is 137 cm³/mol.